The summed E-state index contributed by atoms with van der Waals surface area (Å²) in [6.07, 6.45) is -4.36. The molecule has 0 saturated carbocycles. The number of hydrogen-bond acceptors (Lipinski definition) is 3. The van der Waals surface area contributed by atoms with Gasteiger partial charge >= 0.3 is 6.18 Å². The van der Waals surface area contributed by atoms with Crippen molar-refractivity contribution in [1.82, 2.24) is 4.98 Å². The lowest BCUT2D eigenvalue weighted by molar-refractivity contribution is -0.137. The summed E-state index contributed by atoms with van der Waals surface area (Å²) in [4.78, 5) is 4.25. The van der Waals surface area contributed by atoms with Gasteiger partial charge < -0.3 is 10.5 Å². The fourth-order valence-corrected chi connectivity index (χ4v) is 1.99. The number of nitrogens with zero attached hydrogens (tertiary/aromatic N) is 1. The van der Waals surface area contributed by atoms with Crippen LogP contribution in [0, 0.1) is 13.8 Å². The molecule has 0 atom stereocenters. The summed E-state index contributed by atoms with van der Waals surface area (Å²) >= 11 is 0. The van der Waals surface area contributed by atoms with Gasteiger partial charge in [0.25, 0.3) is 0 Å². The molecule has 6 heteroatoms. The van der Waals surface area contributed by atoms with Crippen LogP contribution < -0.4 is 10.5 Å². The van der Waals surface area contributed by atoms with Crippen molar-refractivity contribution in [2.24, 2.45) is 5.73 Å². The van der Waals surface area contributed by atoms with Crippen molar-refractivity contribution < 1.29 is 17.9 Å². The largest absolute Gasteiger partial charge is 0.439 e. The molecule has 0 radical (unpaired) electrons. The normalized spacial score (nSPS) is 11.5. The topological polar surface area (TPSA) is 48.1 Å². The van der Waals surface area contributed by atoms with E-state index in [9.17, 15) is 13.2 Å². The molecule has 1 aromatic heterocycles. The van der Waals surface area contributed by atoms with E-state index in [2.05, 4.69) is 4.98 Å². The molecular formula is C15H15F3N2O. The van der Waals surface area contributed by atoms with E-state index in [1.54, 1.807) is 0 Å². The highest BCUT2D eigenvalue weighted by atomic mass is 19.4. The van der Waals surface area contributed by atoms with Crippen molar-refractivity contribution in [2.75, 3.05) is 0 Å². The Kier molecular flexibility index (Phi) is 4.18. The SMILES string of the molecule is Cc1cc(C)c(CN)c(Oc2ccc(C(F)(F)F)cc2)n1. The van der Waals surface area contributed by atoms with Crippen LogP contribution in [0.3, 0.4) is 0 Å². The van der Waals surface area contributed by atoms with Crippen molar-refractivity contribution in [3.63, 3.8) is 0 Å². The summed E-state index contributed by atoms with van der Waals surface area (Å²) in [5.41, 5.74) is 7.38. The summed E-state index contributed by atoms with van der Waals surface area (Å²) < 4.78 is 43.1. The Labute approximate surface area is 120 Å². The molecule has 1 heterocycles. The van der Waals surface area contributed by atoms with Crippen LogP contribution in [0.15, 0.2) is 30.3 Å². The molecule has 0 aliphatic rings. The number of benzene rings is 1. The second-order valence-electron chi connectivity index (χ2n) is 4.69. The lowest BCUT2D eigenvalue weighted by atomic mass is 10.1. The van der Waals surface area contributed by atoms with Crippen LogP contribution in [0.4, 0.5) is 13.2 Å². The Morgan fingerprint density at radius 2 is 1.76 bits per heavy atom. The molecule has 112 valence electrons. The van der Waals surface area contributed by atoms with Crippen molar-refractivity contribution in [3.8, 4) is 11.6 Å². The Bertz CT molecular complexity index is 637. The van der Waals surface area contributed by atoms with Gasteiger partial charge in [-0.3, -0.25) is 0 Å². The second-order valence-corrected chi connectivity index (χ2v) is 4.69. The van der Waals surface area contributed by atoms with E-state index in [4.69, 9.17) is 10.5 Å². The van der Waals surface area contributed by atoms with E-state index >= 15 is 0 Å². The number of aromatic nitrogens is 1. The fraction of sp³-hybridized carbons (Fsp3) is 0.267. The molecule has 0 spiro atoms. The van der Waals surface area contributed by atoms with Gasteiger partial charge in [0.15, 0.2) is 0 Å². The standard InChI is InChI=1S/C15H15F3N2O/c1-9-7-10(2)20-14(13(9)8-19)21-12-5-3-11(4-6-12)15(16,17)18/h3-7H,8,19H2,1-2H3. The highest BCUT2D eigenvalue weighted by Gasteiger charge is 2.30. The van der Waals surface area contributed by atoms with Crippen LogP contribution in [0.1, 0.15) is 22.4 Å². The molecule has 0 aliphatic heterocycles. The van der Waals surface area contributed by atoms with E-state index in [0.29, 0.717) is 5.88 Å². The van der Waals surface area contributed by atoms with Crippen LogP contribution >= 0.6 is 0 Å². The van der Waals surface area contributed by atoms with Crippen molar-refractivity contribution in [2.45, 2.75) is 26.6 Å². The van der Waals surface area contributed by atoms with E-state index in [1.807, 2.05) is 19.9 Å². The summed E-state index contributed by atoms with van der Waals surface area (Å²) in [6.45, 7) is 3.94. The average Bonchev–Trinajstić information content (AvgIpc) is 2.38. The van der Waals surface area contributed by atoms with Crippen LogP contribution in [0.5, 0.6) is 11.6 Å². The van der Waals surface area contributed by atoms with Crippen LogP contribution in [0.25, 0.3) is 0 Å². The first-order valence-electron chi connectivity index (χ1n) is 6.33. The van der Waals surface area contributed by atoms with Crippen LogP contribution in [-0.4, -0.2) is 4.98 Å². The van der Waals surface area contributed by atoms with Crippen LogP contribution in [-0.2, 0) is 12.7 Å². The number of aryl methyl sites for hydroxylation is 2. The van der Waals surface area contributed by atoms with Crippen molar-refractivity contribution in [3.05, 3.63) is 52.7 Å². The van der Waals surface area contributed by atoms with Gasteiger partial charge in [0.1, 0.15) is 5.75 Å². The summed E-state index contributed by atoms with van der Waals surface area (Å²) in [6, 6.07) is 6.35. The molecule has 0 bridgehead atoms. The monoisotopic (exact) mass is 296 g/mol. The summed E-state index contributed by atoms with van der Waals surface area (Å²) in [7, 11) is 0. The quantitative estimate of drug-likeness (QED) is 0.932. The maximum Gasteiger partial charge on any atom is 0.416 e. The van der Waals surface area contributed by atoms with Gasteiger partial charge in [-0.2, -0.15) is 13.2 Å². The number of ether oxygens (including phenoxy) is 1. The zero-order valence-electron chi connectivity index (χ0n) is 11.7. The van der Waals surface area contributed by atoms with Gasteiger partial charge in [-0.15, -0.1) is 0 Å². The molecule has 2 aromatic rings. The third-order valence-corrected chi connectivity index (χ3v) is 3.04. The number of hydrogen-bond donors (Lipinski definition) is 1. The van der Waals surface area contributed by atoms with Gasteiger partial charge in [0.05, 0.1) is 5.56 Å². The predicted molar refractivity (Wildman–Crippen MR) is 73.1 cm³/mol. The fourth-order valence-electron chi connectivity index (χ4n) is 1.99. The maximum absolute atomic E-state index is 12.5. The number of rotatable bonds is 3. The second kappa shape index (κ2) is 5.73. The number of halogens is 3. The summed E-state index contributed by atoms with van der Waals surface area (Å²) in [5, 5.41) is 0. The van der Waals surface area contributed by atoms with Gasteiger partial charge in [-0.25, -0.2) is 4.98 Å². The highest BCUT2D eigenvalue weighted by Crippen LogP contribution is 2.32. The Hall–Kier alpha value is -2.08. The lowest BCUT2D eigenvalue weighted by Crippen LogP contribution is -2.06. The number of pyridine rings is 1. The predicted octanol–water partition coefficient (Wildman–Crippen LogP) is 3.97. The third-order valence-electron chi connectivity index (χ3n) is 3.04. The summed E-state index contributed by atoms with van der Waals surface area (Å²) in [5.74, 6) is 0.616. The van der Waals surface area contributed by atoms with E-state index < -0.39 is 11.7 Å². The first-order chi connectivity index (χ1) is 9.81. The lowest BCUT2D eigenvalue weighted by Gasteiger charge is -2.13. The first-order valence-corrected chi connectivity index (χ1v) is 6.33. The van der Waals surface area contributed by atoms with Crippen molar-refractivity contribution >= 4 is 0 Å². The Balaban J connectivity index is 2.30. The first kappa shape index (κ1) is 15.3. The molecule has 2 rings (SSSR count). The van der Waals surface area contributed by atoms with Gasteiger partial charge in [-0.05, 0) is 49.7 Å². The van der Waals surface area contributed by atoms with E-state index in [0.717, 1.165) is 29.0 Å². The average molecular weight is 296 g/mol. The van der Waals surface area contributed by atoms with Crippen molar-refractivity contribution in [1.29, 1.82) is 0 Å². The zero-order valence-corrected chi connectivity index (χ0v) is 11.7. The minimum Gasteiger partial charge on any atom is -0.439 e. The molecule has 0 amide bonds. The molecule has 0 fully saturated rings. The Morgan fingerprint density at radius 3 is 2.29 bits per heavy atom. The van der Waals surface area contributed by atoms with E-state index in [1.165, 1.54) is 12.1 Å². The maximum atomic E-state index is 12.5. The molecule has 1 aromatic carbocycles. The number of alkyl halides is 3. The Morgan fingerprint density at radius 1 is 1.14 bits per heavy atom. The zero-order chi connectivity index (χ0) is 15.6. The molecule has 0 aliphatic carbocycles. The van der Waals surface area contributed by atoms with Crippen LogP contribution in [0.2, 0.25) is 0 Å². The molecule has 0 unspecified atom stereocenters. The third kappa shape index (κ3) is 3.52. The molecular weight excluding hydrogens is 281 g/mol. The smallest absolute Gasteiger partial charge is 0.416 e. The minimum absolute atomic E-state index is 0.245. The highest BCUT2D eigenvalue weighted by molar-refractivity contribution is 5.39. The number of nitrogens with two attached hydrogens (primary N) is 1. The van der Waals surface area contributed by atoms with E-state index in [-0.39, 0.29) is 12.3 Å². The minimum atomic E-state index is -4.36. The van der Waals surface area contributed by atoms with Gasteiger partial charge in [0, 0.05) is 17.8 Å². The molecule has 2 N–H and O–H groups in total. The molecule has 3 nitrogen and oxygen atoms in total. The van der Waals surface area contributed by atoms with Gasteiger partial charge in [0.2, 0.25) is 5.88 Å². The van der Waals surface area contributed by atoms with Gasteiger partial charge in [-0.1, -0.05) is 0 Å². The molecule has 0 saturated heterocycles. The molecule has 21 heavy (non-hydrogen) atoms.